The fourth-order valence-electron chi connectivity index (χ4n) is 3.77. The number of piperidine rings is 1. The van der Waals surface area contributed by atoms with Crippen molar-refractivity contribution >= 4 is 0 Å². The van der Waals surface area contributed by atoms with Crippen LogP contribution < -0.4 is 0 Å². The van der Waals surface area contributed by atoms with Gasteiger partial charge in [0, 0.05) is 24.1 Å². The average molecular weight is 355 g/mol. The third-order valence-corrected chi connectivity index (χ3v) is 5.38. The Bertz CT molecular complexity index is 776. The van der Waals surface area contributed by atoms with E-state index in [-0.39, 0.29) is 11.7 Å². The Kier molecular flexibility index (Phi) is 5.58. The fraction of sp³-hybridized carbons (Fsp3) is 0.524. The van der Waals surface area contributed by atoms with E-state index in [1.165, 1.54) is 0 Å². The predicted molar refractivity (Wildman–Crippen MR) is 103 cm³/mol. The molecule has 0 spiro atoms. The number of nitrogens with zero attached hydrogens (tertiary/aromatic N) is 3. The minimum Gasteiger partial charge on any atom is -0.507 e. The molecule has 0 amide bonds. The lowest BCUT2D eigenvalue weighted by atomic mass is 9.89. The van der Waals surface area contributed by atoms with Crippen LogP contribution in [-0.4, -0.2) is 44.4 Å². The molecule has 2 atom stereocenters. The number of rotatable bonds is 4. The van der Waals surface area contributed by atoms with Gasteiger partial charge in [0.2, 0.25) is 0 Å². The van der Waals surface area contributed by atoms with Crippen LogP contribution >= 0.6 is 0 Å². The van der Waals surface area contributed by atoms with Crippen molar-refractivity contribution in [1.29, 1.82) is 0 Å². The summed E-state index contributed by atoms with van der Waals surface area (Å²) in [4.78, 5) is 2.41. The molecule has 1 fully saturated rings. The number of benzene rings is 1. The molecule has 2 N–H and O–H groups in total. The monoisotopic (exact) mass is 355 g/mol. The molecule has 0 saturated carbocycles. The Morgan fingerprint density at radius 1 is 1.15 bits per heavy atom. The van der Waals surface area contributed by atoms with Gasteiger partial charge in [-0.25, -0.2) is 0 Å². The highest BCUT2D eigenvalue weighted by Crippen LogP contribution is 2.33. The average Bonchev–Trinajstić information content (AvgIpc) is 2.62. The molecule has 1 aliphatic rings. The molecule has 26 heavy (non-hydrogen) atoms. The number of likely N-dealkylation sites (tertiary alicyclic amines) is 1. The first kappa shape index (κ1) is 18.8. The summed E-state index contributed by atoms with van der Waals surface area (Å²) in [6.45, 7) is 10.3. The highest BCUT2D eigenvalue weighted by Gasteiger charge is 2.29. The number of hydrogen-bond donors (Lipinski definition) is 2. The van der Waals surface area contributed by atoms with Crippen molar-refractivity contribution in [3.8, 4) is 17.0 Å². The molecule has 1 aliphatic heterocycles. The lowest BCUT2D eigenvalue weighted by molar-refractivity contribution is 0.0365. The summed E-state index contributed by atoms with van der Waals surface area (Å²) in [5, 5.41) is 29.7. The molecule has 5 nitrogen and oxygen atoms in total. The smallest absolute Gasteiger partial charge is 0.125 e. The molecule has 2 heterocycles. The van der Waals surface area contributed by atoms with Crippen molar-refractivity contribution in [2.24, 2.45) is 5.92 Å². The molecule has 1 saturated heterocycles. The van der Waals surface area contributed by atoms with E-state index in [2.05, 4.69) is 28.9 Å². The zero-order valence-corrected chi connectivity index (χ0v) is 16.1. The van der Waals surface area contributed by atoms with E-state index in [0.29, 0.717) is 23.0 Å². The van der Waals surface area contributed by atoms with Crippen LogP contribution in [0, 0.1) is 19.8 Å². The van der Waals surface area contributed by atoms with Gasteiger partial charge in [-0.3, -0.25) is 0 Å². The molecule has 140 valence electrons. The molecule has 0 unspecified atom stereocenters. The van der Waals surface area contributed by atoms with Crippen LogP contribution in [0.2, 0.25) is 0 Å². The number of hydrogen-bond acceptors (Lipinski definition) is 5. The number of aromatic hydroxyl groups is 1. The number of phenolic OH excluding ortho intramolecular Hbond substituents is 1. The number of aliphatic hydroxyl groups excluding tert-OH is 1. The van der Waals surface area contributed by atoms with E-state index >= 15 is 0 Å². The Morgan fingerprint density at radius 3 is 2.58 bits per heavy atom. The Morgan fingerprint density at radius 2 is 1.92 bits per heavy atom. The van der Waals surface area contributed by atoms with Gasteiger partial charge in [-0.05, 0) is 76.4 Å². The van der Waals surface area contributed by atoms with E-state index in [0.717, 1.165) is 37.1 Å². The van der Waals surface area contributed by atoms with E-state index in [1.807, 2.05) is 32.0 Å². The number of aliphatic hydroxyl groups is 1. The number of phenols is 1. The van der Waals surface area contributed by atoms with Gasteiger partial charge < -0.3 is 15.1 Å². The molecule has 0 radical (unpaired) electrons. The SMILES string of the molecule is Cc1ccc(-c2nnc([C@H](O)[C@@H]3CCCN(C(C)C)C3)cc2C)c(O)c1. The topological polar surface area (TPSA) is 69.5 Å². The van der Waals surface area contributed by atoms with Crippen molar-refractivity contribution in [2.45, 2.75) is 52.7 Å². The maximum absolute atomic E-state index is 10.8. The van der Waals surface area contributed by atoms with E-state index < -0.39 is 6.10 Å². The van der Waals surface area contributed by atoms with Crippen molar-refractivity contribution in [3.05, 3.63) is 41.1 Å². The van der Waals surface area contributed by atoms with Gasteiger partial charge in [0.1, 0.15) is 11.9 Å². The molecule has 0 aliphatic carbocycles. The summed E-state index contributed by atoms with van der Waals surface area (Å²) in [5.41, 5.74) is 3.85. The lowest BCUT2D eigenvalue weighted by Gasteiger charge is -2.37. The van der Waals surface area contributed by atoms with Gasteiger partial charge >= 0.3 is 0 Å². The third kappa shape index (κ3) is 3.89. The summed E-state index contributed by atoms with van der Waals surface area (Å²) in [7, 11) is 0. The van der Waals surface area contributed by atoms with Gasteiger partial charge in [-0.15, -0.1) is 5.10 Å². The summed E-state index contributed by atoms with van der Waals surface area (Å²) >= 11 is 0. The van der Waals surface area contributed by atoms with Crippen LogP contribution in [0.3, 0.4) is 0 Å². The Balaban J connectivity index is 1.82. The largest absolute Gasteiger partial charge is 0.507 e. The Labute approximate surface area is 155 Å². The van der Waals surface area contributed by atoms with Crippen LogP contribution in [0.15, 0.2) is 24.3 Å². The fourth-order valence-corrected chi connectivity index (χ4v) is 3.77. The minimum atomic E-state index is -0.608. The maximum atomic E-state index is 10.8. The molecule has 0 bridgehead atoms. The quantitative estimate of drug-likeness (QED) is 0.877. The first-order chi connectivity index (χ1) is 12.4. The van der Waals surface area contributed by atoms with E-state index in [9.17, 15) is 10.2 Å². The van der Waals surface area contributed by atoms with Crippen molar-refractivity contribution in [2.75, 3.05) is 13.1 Å². The van der Waals surface area contributed by atoms with E-state index in [4.69, 9.17) is 0 Å². The predicted octanol–water partition coefficient (Wildman–Crippen LogP) is 3.62. The second-order valence-electron chi connectivity index (χ2n) is 7.76. The van der Waals surface area contributed by atoms with Crippen LogP contribution in [0.5, 0.6) is 5.75 Å². The lowest BCUT2D eigenvalue weighted by Crippen LogP contribution is -2.41. The zero-order valence-electron chi connectivity index (χ0n) is 16.1. The summed E-state index contributed by atoms with van der Waals surface area (Å²) in [6.07, 6.45) is 1.50. The first-order valence-corrected chi connectivity index (χ1v) is 9.43. The van der Waals surface area contributed by atoms with Crippen LogP contribution in [-0.2, 0) is 0 Å². The van der Waals surface area contributed by atoms with Crippen LogP contribution in [0.1, 0.15) is 49.6 Å². The molecule has 2 aromatic rings. The molecule has 3 rings (SSSR count). The highest BCUT2D eigenvalue weighted by molar-refractivity contribution is 5.69. The Hall–Kier alpha value is -1.98. The molecular formula is C21H29N3O2. The second kappa shape index (κ2) is 7.72. The number of aryl methyl sites for hydroxylation is 2. The van der Waals surface area contributed by atoms with Gasteiger partial charge in [0.25, 0.3) is 0 Å². The zero-order chi connectivity index (χ0) is 18.8. The molecular weight excluding hydrogens is 326 g/mol. The van der Waals surface area contributed by atoms with E-state index in [1.54, 1.807) is 6.07 Å². The van der Waals surface area contributed by atoms with Crippen LogP contribution in [0.25, 0.3) is 11.3 Å². The summed E-state index contributed by atoms with van der Waals surface area (Å²) in [6, 6.07) is 7.92. The molecule has 1 aromatic carbocycles. The first-order valence-electron chi connectivity index (χ1n) is 9.43. The second-order valence-corrected chi connectivity index (χ2v) is 7.76. The minimum absolute atomic E-state index is 0.179. The van der Waals surface area contributed by atoms with Gasteiger partial charge in [0.05, 0.1) is 11.4 Å². The van der Waals surface area contributed by atoms with Gasteiger partial charge in [-0.1, -0.05) is 6.07 Å². The molecule has 5 heteroatoms. The van der Waals surface area contributed by atoms with Crippen molar-refractivity contribution in [1.82, 2.24) is 15.1 Å². The van der Waals surface area contributed by atoms with Crippen molar-refractivity contribution in [3.63, 3.8) is 0 Å². The van der Waals surface area contributed by atoms with Crippen LogP contribution in [0.4, 0.5) is 0 Å². The summed E-state index contributed by atoms with van der Waals surface area (Å²) in [5.74, 6) is 0.383. The number of aromatic nitrogens is 2. The molecule has 1 aromatic heterocycles. The summed E-state index contributed by atoms with van der Waals surface area (Å²) < 4.78 is 0. The van der Waals surface area contributed by atoms with Gasteiger partial charge in [0.15, 0.2) is 0 Å². The standard InChI is InChI=1S/C21H29N3O2/c1-13(2)24-9-5-6-16(12-24)21(26)18-11-15(4)20(23-22-18)17-8-7-14(3)10-19(17)25/h7-8,10-11,13,16,21,25-26H,5-6,9,12H2,1-4H3/t16-,21-/m1/s1. The highest BCUT2D eigenvalue weighted by atomic mass is 16.3. The maximum Gasteiger partial charge on any atom is 0.125 e. The van der Waals surface area contributed by atoms with Gasteiger partial charge in [-0.2, -0.15) is 5.10 Å². The van der Waals surface area contributed by atoms with Crippen molar-refractivity contribution < 1.29 is 10.2 Å². The third-order valence-electron chi connectivity index (χ3n) is 5.38. The normalized spacial score (nSPS) is 19.7.